The van der Waals surface area contributed by atoms with Crippen LogP contribution in [0, 0.1) is 0 Å². The molecule has 0 atom stereocenters. The van der Waals surface area contributed by atoms with Crippen LogP contribution in [0.25, 0.3) is 6.08 Å². The number of halogens is 2. The van der Waals surface area contributed by atoms with Crippen LogP contribution in [0.3, 0.4) is 0 Å². The van der Waals surface area contributed by atoms with Gasteiger partial charge in [0.15, 0.2) is 5.12 Å². The first-order chi connectivity index (χ1) is 12.0. The van der Waals surface area contributed by atoms with Gasteiger partial charge < -0.3 is 14.0 Å². The number of hydrogen-bond donors (Lipinski definition) is 0. The van der Waals surface area contributed by atoms with E-state index in [0.717, 1.165) is 11.8 Å². The maximum Gasteiger partial charge on any atom is 0.491 e. The first-order valence-electron chi connectivity index (χ1n) is 8.25. The Kier molecular flexibility index (Phi) is 6.53. The summed E-state index contributed by atoms with van der Waals surface area (Å²) in [6.07, 6.45) is 1.69. The van der Waals surface area contributed by atoms with Gasteiger partial charge in [-0.2, -0.15) is 8.78 Å². The zero-order valence-corrected chi connectivity index (χ0v) is 16.4. The van der Waals surface area contributed by atoms with Gasteiger partial charge in [-0.05, 0) is 39.2 Å². The molecule has 2 rings (SSSR count). The molecule has 26 heavy (non-hydrogen) atoms. The van der Waals surface area contributed by atoms with Crippen molar-refractivity contribution in [3.05, 3.63) is 35.3 Å². The van der Waals surface area contributed by atoms with E-state index >= 15 is 0 Å². The van der Waals surface area contributed by atoms with Crippen LogP contribution in [0.5, 0.6) is 5.75 Å². The normalized spacial score (nSPS) is 19.1. The van der Waals surface area contributed by atoms with Crippen molar-refractivity contribution >= 4 is 30.1 Å². The third-order valence-corrected chi connectivity index (χ3v) is 5.36. The average molecular weight is 384 g/mol. The van der Waals surface area contributed by atoms with Crippen molar-refractivity contribution in [2.75, 3.05) is 5.75 Å². The monoisotopic (exact) mass is 384 g/mol. The van der Waals surface area contributed by atoms with Gasteiger partial charge >= 0.3 is 13.7 Å². The Morgan fingerprint density at radius 1 is 1.23 bits per heavy atom. The van der Waals surface area contributed by atoms with E-state index in [9.17, 15) is 13.6 Å². The zero-order valence-electron chi connectivity index (χ0n) is 15.5. The first-order valence-corrected chi connectivity index (χ1v) is 9.24. The molecule has 0 bridgehead atoms. The van der Waals surface area contributed by atoms with E-state index in [2.05, 4.69) is 4.74 Å². The highest BCUT2D eigenvalue weighted by Crippen LogP contribution is 2.39. The van der Waals surface area contributed by atoms with Crippen LogP contribution < -0.4 is 4.74 Å². The summed E-state index contributed by atoms with van der Waals surface area (Å²) < 4.78 is 42.0. The molecule has 0 N–H and O–H groups in total. The van der Waals surface area contributed by atoms with E-state index in [-0.39, 0.29) is 10.9 Å². The molecular weight excluding hydrogens is 361 g/mol. The van der Waals surface area contributed by atoms with Crippen molar-refractivity contribution in [3.8, 4) is 5.75 Å². The van der Waals surface area contributed by atoms with Crippen LogP contribution >= 0.6 is 11.8 Å². The fraction of sp³-hybridized carbons (Fsp3) is 0.500. The number of rotatable bonds is 6. The molecule has 1 fully saturated rings. The summed E-state index contributed by atoms with van der Waals surface area (Å²) in [5.41, 5.74) is 0.0589. The summed E-state index contributed by atoms with van der Waals surface area (Å²) in [5, 5.41) is -0.0514. The number of carbonyl (C=O) groups is 1. The first kappa shape index (κ1) is 20.9. The predicted molar refractivity (Wildman–Crippen MR) is 100 cm³/mol. The number of para-hydroxylation sites is 1. The molecule has 1 saturated heterocycles. The minimum absolute atomic E-state index is 0.0514. The van der Waals surface area contributed by atoms with Crippen LogP contribution in [-0.2, 0) is 14.1 Å². The highest BCUT2D eigenvalue weighted by atomic mass is 32.2. The summed E-state index contributed by atoms with van der Waals surface area (Å²) in [5.74, 6) is 0.388. The van der Waals surface area contributed by atoms with Crippen molar-refractivity contribution in [2.24, 2.45) is 0 Å². The second kappa shape index (κ2) is 8.11. The molecule has 0 aliphatic carbocycles. The number of benzene rings is 1. The molecule has 4 nitrogen and oxygen atoms in total. The van der Waals surface area contributed by atoms with Gasteiger partial charge in [-0.3, -0.25) is 4.79 Å². The smallest absolute Gasteiger partial charge is 0.434 e. The molecule has 142 valence electrons. The summed E-state index contributed by atoms with van der Waals surface area (Å²) in [4.78, 5) is 11.4. The molecule has 1 aromatic carbocycles. The van der Waals surface area contributed by atoms with E-state index < -0.39 is 24.9 Å². The number of alkyl halides is 2. The van der Waals surface area contributed by atoms with Crippen molar-refractivity contribution in [2.45, 2.75) is 52.4 Å². The number of ether oxygens (including phenoxy) is 1. The van der Waals surface area contributed by atoms with Gasteiger partial charge in [-0.1, -0.05) is 36.0 Å². The summed E-state index contributed by atoms with van der Waals surface area (Å²) >= 11 is 1.11. The van der Waals surface area contributed by atoms with Crippen LogP contribution in [0.1, 0.15) is 40.2 Å². The van der Waals surface area contributed by atoms with Crippen LogP contribution in [0.15, 0.2) is 29.7 Å². The van der Waals surface area contributed by atoms with Gasteiger partial charge in [0.1, 0.15) is 5.75 Å². The van der Waals surface area contributed by atoms with Gasteiger partial charge in [0.2, 0.25) is 0 Å². The second-order valence-electron chi connectivity index (χ2n) is 7.00. The molecule has 1 aromatic rings. The summed E-state index contributed by atoms with van der Waals surface area (Å²) in [6.45, 7) is 6.26. The lowest BCUT2D eigenvalue weighted by atomic mass is 9.78. The lowest BCUT2D eigenvalue weighted by Crippen LogP contribution is -2.41. The van der Waals surface area contributed by atoms with Gasteiger partial charge in [0.05, 0.1) is 11.2 Å². The van der Waals surface area contributed by atoms with Gasteiger partial charge in [0, 0.05) is 18.2 Å². The molecular formula is C18H23BF2O4S. The van der Waals surface area contributed by atoms with Crippen LogP contribution in [0.2, 0.25) is 0 Å². The maximum absolute atomic E-state index is 12.7. The van der Waals surface area contributed by atoms with Crippen molar-refractivity contribution in [1.29, 1.82) is 0 Å². The molecule has 0 spiro atoms. The zero-order chi connectivity index (χ0) is 19.5. The molecule has 0 amide bonds. The van der Waals surface area contributed by atoms with E-state index in [4.69, 9.17) is 9.31 Å². The quantitative estimate of drug-likeness (QED) is 0.672. The van der Waals surface area contributed by atoms with Gasteiger partial charge in [-0.25, -0.2) is 0 Å². The Hall–Kier alpha value is -1.38. The standard InChI is InChI=1S/C18H23BF2O4S/c1-12(22)26-11-14(19-24-17(2,3)18(4,5)25-19)10-13-8-6-7-9-15(13)23-16(20)21/h6-10,16H,11H2,1-5H3. The fourth-order valence-corrected chi connectivity index (χ4v) is 2.95. The van der Waals surface area contributed by atoms with E-state index in [1.807, 2.05) is 27.7 Å². The molecule has 1 aliphatic heterocycles. The second-order valence-corrected chi connectivity index (χ2v) is 8.16. The minimum Gasteiger partial charge on any atom is -0.434 e. The van der Waals surface area contributed by atoms with Gasteiger partial charge in [0.25, 0.3) is 0 Å². The maximum atomic E-state index is 12.7. The summed E-state index contributed by atoms with van der Waals surface area (Å²) in [7, 11) is -0.675. The SMILES string of the molecule is CC(=O)SCC(=Cc1ccccc1OC(F)F)B1OC(C)(C)C(C)(C)O1. The third-order valence-electron chi connectivity index (χ3n) is 4.47. The Labute approximate surface area is 157 Å². The van der Waals surface area contributed by atoms with Crippen molar-refractivity contribution in [1.82, 2.24) is 0 Å². The molecule has 0 saturated carbocycles. The topological polar surface area (TPSA) is 44.8 Å². The average Bonchev–Trinajstić information content (AvgIpc) is 2.72. The van der Waals surface area contributed by atoms with Crippen LogP contribution in [-0.4, -0.2) is 35.8 Å². The lowest BCUT2D eigenvalue weighted by Gasteiger charge is -2.32. The molecule has 1 heterocycles. The minimum atomic E-state index is -2.92. The van der Waals surface area contributed by atoms with Crippen LogP contribution in [0.4, 0.5) is 8.78 Å². The van der Waals surface area contributed by atoms with Gasteiger partial charge in [-0.15, -0.1) is 0 Å². The molecule has 8 heteroatoms. The number of hydrogen-bond acceptors (Lipinski definition) is 5. The number of carbonyl (C=O) groups excluding carboxylic acids is 1. The largest absolute Gasteiger partial charge is 0.491 e. The Morgan fingerprint density at radius 2 is 1.81 bits per heavy atom. The Balaban J connectivity index is 2.37. The van der Waals surface area contributed by atoms with E-state index in [0.29, 0.717) is 16.8 Å². The number of thioether (sulfide) groups is 1. The fourth-order valence-electron chi connectivity index (χ4n) is 2.36. The van der Waals surface area contributed by atoms with E-state index in [1.54, 1.807) is 24.3 Å². The highest BCUT2D eigenvalue weighted by molar-refractivity contribution is 8.13. The molecule has 0 unspecified atom stereocenters. The van der Waals surface area contributed by atoms with Crippen molar-refractivity contribution < 1.29 is 27.6 Å². The Bertz CT molecular complexity index is 676. The Morgan fingerprint density at radius 3 is 2.35 bits per heavy atom. The molecule has 0 radical (unpaired) electrons. The predicted octanol–water partition coefficient (Wildman–Crippen LogP) is 4.58. The molecule has 0 aromatic heterocycles. The van der Waals surface area contributed by atoms with Crippen molar-refractivity contribution in [3.63, 3.8) is 0 Å². The van der Waals surface area contributed by atoms with E-state index in [1.165, 1.54) is 13.0 Å². The highest BCUT2D eigenvalue weighted by Gasteiger charge is 2.52. The lowest BCUT2D eigenvalue weighted by molar-refractivity contribution is -0.109. The summed E-state index contributed by atoms with van der Waals surface area (Å²) in [6, 6.07) is 6.48. The molecule has 1 aliphatic rings. The third kappa shape index (κ3) is 5.08.